The molecule has 0 aromatic carbocycles. The summed E-state index contributed by atoms with van der Waals surface area (Å²) >= 11 is 6.59. The highest BCUT2D eigenvalue weighted by Gasteiger charge is 2.20. The summed E-state index contributed by atoms with van der Waals surface area (Å²) in [4.78, 5) is 3.73. The van der Waals surface area contributed by atoms with E-state index in [1.54, 1.807) is 0 Å². The van der Waals surface area contributed by atoms with Gasteiger partial charge in [-0.2, -0.15) is 0 Å². The maximum Gasteiger partial charge on any atom is 0.251 e. The van der Waals surface area contributed by atoms with Gasteiger partial charge in [-0.3, -0.25) is 0 Å². The Bertz CT molecular complexity index is 459. The predicted molar refractivity (Wildman–Crippen MR) is 71.0 cm³/mol. The minimum absolute atomic E-state index is 0.0872. The van der Waals surface area contributed by atoms with Crippen LogP contribution in [0.2, 0.25) is 4.47 Å². The van der Waals surface area contributed by atoms with E-state index in [0.29, 0.717) is 5.92 Å². The number of halogens is 1. The second kappa shape index (κ2) is 6.13. The van der Waals surface area contributed by atoms with E-state index in [-0.39, 0.29) is 14.7 Å². The van der Waals surface area contributed by atoms with Crippen molar-refractivity contribution >= 4 is 33.0 Å². The monoisotopic (exact) mass is 296 g/mol. The van der Waals surface area contributed by atoms with Crippen molar-refractivity contribution in [1.82, 2.24) is 9.71 Å². The number of hydrogen-bond acceptors (Lipinski definition) is 4. The van der Waals surface area contributed by atoms with Crippen LogP contribution < -0.4 is 4.72 Å². The highest BCUT2D eigenvalue weighted by molar-refractivity contribution is 7.91. The molecule has 1 N–H and O–H groups in total. The van der Waals surface area contributed by atoms with Crippen molar-refractivity contribution in [2.45, 2.75) is 43.9 Å². The van der Waals surface area contributed by atoms with Gasteiger partial charge in [-0.05, 0) is 19.3 Å². The van der Waals surface area contributed by atoms with Gasteiger partial charge < -0.3 is 0 Å². The fraction of sp³-hybridized carbons (Fsp3) is 0.700. The first-order valence-electron chi connectivity index (χ1n) is 5.48. The van der Waals surface area contributed by atoms with E-state index in [1.165, 1.54) is 6.20 Å². The Morgan fingerprint density at radius 2 is 2.18 bits per heavy atom. The third-order valence-corrected chi connectivity index (χ3v) is 5.70. The smallest absolute Gasteiger partial charge is 0.232 e. The van der Waals surface area contributed by atoms with Crippen LogP contribution in [0.4, 0.5) is 0 Å². The Balaban J connectivity index is 2.67. The summed E-state index contributed by atoms with van der Waals surface area (Å²) in [5, 5.41) is 0. The largest absolute Gasteiger partial charge is 0.251 e. The number of thiazole rings is 1. The molecule has 1 rings (SSSR count). The summed E-state index contributed by atoms with van der Waals surface area (Å²) in [5.74, 6) is 0.498. The first kappa shape index (κ1) is 14.9. The number of nitrogens with one attached hydrogen (secondary N) is 1. The minimum atomic E-state index is -3.47. The molecule has 2 unspecified atom stereocenters. The molecule has 0 aliphatic heterocycles. The zero-order valence-electron chi connectivity index (χ0n) is 10.1. The highest BCUT2D eigenvalue weighted by Crippen LogP contribution is 2.23. The maximum atomic E-state index is 11.9. The van der Waals surface area contributed by atoms with Crippen molar-refractivity contribution in [3.8, 4) is 0 Å². The zero-order chi connectivity index (χ0) is 13.1. The third-order valence-electron chi connectivity index (χ3n) is 2.53. The lowest BCUT2D eigenvalue weighted by molar-refractivity contribution is 0.446. The Labute approximate surface area is 111 Å². The SMILES string of the molecule is CCC(C)CC(C)NS(=O)(=O)c1cnc(Cl)s1. The molecule has 4 nitrogen and oxygen atoms in total. The van der Waals surface area contributed by atoms with Gasteiger partial charge in [-0.1, -0.05) is 43.2 Å². The van der Waals surface area contributed by atoms with E-state index < -0.39 is 10.0 Å². The average molecular weight is 297 g/mol. The van der Waals surface area contributed by atoms with E-state index in [2.05, 4.69) is 23.6 Å². The van der Waals surface area contributed by atoms with Gasteiger partial charge in [0, 0.05) is 6.04 Å². The second-order valence-electron chi connectivity index (χ2n) is 4.20. The minimum Gasteiger partial charge on any atom is -0.232 e. The van der Waals surface area contributed by atoms with Gasteiger partial charge in [0.2, 0.25) is 0 Å². The fourth-order valence-electron chi connectivity index (χ4n) is 1.50. The van der Waals surface area contributed by atoms with Gasteiger partial charge in [0.1, 0.15) is 0 Å². The van der Waals surface area contributed by atoms with Gasteiger partial charge >= 0.3 is 0 Å². The van der Waals surface area contributed by atoms with Crippen molar-refractivity contribution < 1.29 is 8.42 Å². The third kappa shape index (κ3) is 4.54. The molecule has 98 valence electrons. The molecule has 0 fully saturated rings. The average Bonchev–Trinajstić information content (AvgIpc) is 2.64. The summed E-state index contributed by atoms with van der Waals surface area (Å²) in [6.07, 6.45) is 3.14. The predicted octanol–water partition coefficient (Wildman–Crippen LogP) is 2.90. The number of aromatic nitrogens is 1. The Kier molecular flexibility index (Phi) is 5.37. The quantitative estimate of drug-likeness (QED) is 0.878. The number of sulfonamides is 1. The molecule has 2 atom stereocenters. The summed E-state index contributed by atoms with van der Waals surface area (Å²) in [6.45, 7) is 6.07. The van der Waals surface area contributed by atoms with Crippen molar-refractivity contribution in [2.24, 2.45) is 5.92 Å². The Hall–Kier alpha value is -0.170. The van der Waals surface area contributed by atoms with Crippen LogP contribution in [0, 0.1) is 5.92 Å². The maximum absolute atomic E-state index is 11.9. The van der Waals surface area contributed by atoms with Crippen molar-refractivity contribution in [3.63, 3.8) is 0 Å². The molecule has 1 heterocycles. The topological polar surface area (TPSA) is 59.1 Å². The van der Waals surface area contributed by atoms with Crippen LogP contribution in [-0.4, -0.2) is 19.4 Å². The van der Waals surface area contributed by atoms with Gasteiger partial charge in [-0.25, -0.2) is 18.1 Å². The Morgan fingerprint density at radius 3 is 2.65 bits per heavy atom. The summed E-state index contributed by atoms with van der Waals surface area (Å²) < 4.78 is 26.9. The normalized spacial score (nSPS) is 15.8. The van der Waals surface area contributed by atoms with Crippen LogP contribution >= 0.6 is 22.9 Å². The van der Waals surface area contributed by atoms with Gasteiger partial charge in [0.25, 0.3) is 10.0 Å². The molecule has 0 radical (unpaired) electrons. The zero-order valence-corrected chi connectivity index (χ0v) is 12.5. The molecular formula is C10H17ClN2O2S2. The van der Waals surface area contributed by atoms with Crippen LogP contribution in [-0.2, 0) is 10.0 Å². The van der Waals surface area contributed by atoms with Crippen molar-refractivity contribution in [3.05, 3.63) is 10.7 Å². The molecule has 17 heavy (non-hydrogen) atoms. The molecule has 7 heteroatoms. The van der Waals surface area contributed by atoms with E-state index in [1.807, 2.05) is 6.92 Å². The highest BCUT2D eigenvalue weighted by atomic mass is 35.5. The van der Waals surface area contributed by atoms with E-state index in [0.717, 1.165) is 24.2 Å². The van der Waals surface area contributed by atoms with Gasteiger partial charge in [0.05, 0.1) is 6.20 Å². The van der Waals surface area contributed by atoms with Crippen LogP contribution in [0.25, 0.3) is 0 Å². The van der Waals surface area contributed by atoms with Crippen molar-refractivity contribution in [1.29, 1.82) is 0 Å². The van der Waals surface area contributed by atoms with Crippen LogP contribution in [0.1, 0.15) is 33.6 Å². The first-order chi connectivity index (χ1) is 7.85. The summed E-state index contributed by atoms with van der Waals surface area (Å²) in [7, 11) is -3.47. The lowest BCUT2D eigenvalue weighted by atomic mass is 10.0. The molecule has 0 aliphatic rings. The number of rotatable bonds is 6. The second-order valence-corrected chi connectivity index (χ2v) is 7.76. The molecule has 0 saturated heterocycles. The molecule has 0 aliphatic carbocycles. The Morgan fingerprint density at radius 1 is 1.53 bits per heavy atom. The summed E-state index contributed by atoms with van der Waals surface area (Å²) in [5.41, 5.74) is 0. The molecule has 0 amide bonds. The number of hydrogen-bond donors (Lipinski definition) is 1. The standard InChI is InChI=1S/C10H17ClN2O2S2/c1-4-7(2)5-8(3)13-17(14,15)9-6-12-10(11)16-9/h6-8,13H,4-5H2,1-3H3. The van der Waals surface area contributed by atoms with Gasteiger partial charge in [0.15, 0.2) is 8.68 Å². The van der Waals surface area contributed by atoms with Crippen molar-refractivity contribution in [2.75, 3.05) is 0 Å². The molecular weight excluding hydrogens is 280 g/mol. The first-order valence-corrected chi connectivity index (χ1v) is 8.16. The molecule has 1 aromatic heterocycles. The lowest BCUT2D eigenvalue weighted by Crippen LogP contribution is -2.33. The van der Waals surface area contributed by atoms with Crippen LogP contribution in [0.5, 0.6) is 0 Å². The molecule has 0 saturated carbocycles. The number of nitrogens with zero attached hydrogens (tertiary/aromatic N) is 1. The fourth-order valence-corrected chi connectivity index (χ4v) is 4.07. The van der Waals surface area contributed by atoms with Crippen LogP contribution in [0.3, 0.4) is 0 Å². The molecule has 0 spiro atoms. The van der Waals surface area contributed by atoms with Crippen LogP contribution in [0.15, 0.2) is 10.4 Å². The molecule has 0 bridgehead atoms. The molecule has 1 aromatic rings. The summed E-state index contributed by atoms with van der Waals surface area (Å²) in [6, 6.07) is -0.0872. The lowest BCUT2D eigenvalue weighted by Gasteiger charge is -2.16. The van der Waals surface area contributed by atoms with E-state index in [4.69, 9.17) is 11.6 Å². The van der Waals surface area contributed by atoms with Gasteiger partial charge in [-0.15, -0.1) is 0 Å². The van der Waals surface area contributed by atoms with E-state index >= 15 is 0 Å². The van der Waals surface area contributed by atoms with E-state index in [9.17, 15) is 8.42 Å².